The SMILES string of the molecule is COc1ccc(OC)c(C2CCN(C(=O)CCC(=O)Nc3nncs3)C2)c1. The van der Waals surface area contributed by atoms with Crippen molar-refractivity contribution in [1.29, 1.82) is 0 Å². The number of anilines is 1. The lowest BCUT2D eigenvalue weighted by Gasteiger charge is -2.18. The average molecular weight is 390 g/mol. The Hall–Kier alpha value is -2.68. The van der Waals surface area contributed by atoms with Crippen LogP contribution in [0.2, 0.25) is 0 Å². The molecule has 1 fully saturated rings. The van der Waals surface area contributed by atoms with E-state index in [0.29, 0.717) is 18.2 Å². The summed E-state index contributed by atoms with van der Waals surface area (Å²) >= 11 is 1.24. The molecule has 9 heteroatoms. The van der Waals surface area contributed by atoms with Gasteiger partial charge in [-0.3, -0.25) is 9.59 Å². The van der Waals surface area contributed by atoms with Gasteiger partial charge in [0, 0.05) is 37.4 Å². The number of rotatable bonds is 7. The average Bonchev–Trinajstić information content (AvgIpc) is 3.37. The molecular weight excluding hydrogens is 368 g/mol. The van der Waals surface area contributed by atoms with Crippen LogP contribution in [0.4, 0.5) is 5.13 Å². The van der Waals surface area contributed by atoms with Crippen LogP contribution in [-0.2, 0) is 9.59 Å². The number of likely N-dealkylation sites (tertiary alicyclic amines) is 1. The highest BCUT2D eigenvalue weighted by atomic mass is 32.1. The van der Waals surface area contributed by atoms with Gasteiger partial charge in [-0.15, -0.1) is 10.2 Å². The fourth-order valence-electron chi connectivity index (χ4n) is 3.19. The minimum atomic E-state index is -0.231. The summed E-state index contributed by atoms with van der Waals surface area (Å²) in [6, 6.07) is 5.71. The second-order valence-corrected chi connectivity index (χ2v) is 7.06. The lowest BCUT2D eigenvalue weighted by molar-refractivity contribution is -0.131. The van der Waals surface area contributed by atoms with Crippen molar-refractivity contribution in [2.45, 2.75) is 25.2 Å². The molecule has 1 atom stereocenters. The van der Waals surface area contributed by atoms with Crippen molar-refractivity contribution in [2.24, 2.45) is 0 Å². The van der Waals surface area contributed by atoms with Crippen LogP contribution in [-0.4, -0.2) is 54.2 Å². The van der Waals surface area contributed by atoms with Gasteiger partial charge in [0.05, 0.1) is 14.2 Å². The number of carbonyl (C=O) groups is 2. The largest absolute Gasteiger partial charge is 0.497 e. The first-order valence-corrected chi connectivity index (χ1v) is 9.54. The number of benzene rings is 1. The van der Waals surface area contributed by atoms with Crippen LogP contribution in [0.5, 0.6) is 11.5 Å². The fourth-order valence-corrected chi connectivity index (χ4v) is 3.65. The first-order valence-electron chi connectivity index (χ1n) is 8.66. The second-order valence-electron chi connectivity index (χ2n) is 6.23. The number of methoxy groups -OCH3 is 2. The molecule has 27 heavy (non-hydrogen) atoms. The standard InChI is InChI=1S/C18H22N4O4S/c1-25-13-3-4-15(26-2)14(9-13)12-7-8-22(10-12)17(24)6-5-16(23)20-18-21-19-11-27-18/h3-4,9,11-12H,5-8,10H2,1-2H3,(H,20,21,23). The topological polar surface area (TPSA) is 93.7 Å². The Morgan fingerprint density at radius 1 is 1.30 bits per heavy atom. The summed E-state index contributed by atoms with van der Waals surface area (Å²) < 4.78 is 10.8. The summed E-state index contributed by atoms with van der Waals surface area (Å²) in [7, 11) is 3.27. The molecule has 0 spiro atoms. The number of nitrogens with one attached hydrogen (secondary N) is 1. The first kappa shape index (κ1) is 19.1. The minimum absolute atomic E-state index is 0.0215. The third kappa shape index (κ3) is 4.73. The van der Waals surface area contributed by atoms with E-state index < -0.39 is 0 Å². The van der Waals surface area contributed by atoms with Crippen molar-refractivity contribution in [3.8, 4) is 11.5 Å². The van der Waals surface area contributed by atoms with Crippen molar-refractivity contribution in [1.82, 2.24) is 15.1 Å². The van der Waals surface area contributed by atoms with Gasteiger partial charge in [0.2, 0.25) is 16.9 Å². The molecule has 0 bridgehead atoms. The quantitative estimate of drug-likeness (QED) is 0.780. The number of ether oxygens (including phenoxy) is 2. The van der Waals surface area contributed by atoms with Crippen LogP contribution in [0.15, 0.2) is 23.7 Å². The molecule has 2 aromatic rings. The van der Waals surface area contributed by atoms with Crippen molar-refractivity contribution < 1.29 is 19.1 Å². The molecule has 8 nitrogen and oxygen atoms in total. The van der Waals surface area contributed by atoms with E-state index in [9.17, 15) is 9.59 Å². The van der Waals surface area contributed by atoms with Crippen molar-refractivity contribution in [2.75, 3.05) is 32.6 Å². The normalized spacial score (nSPS) is 16.2. The fraction of sp³-hybridized carbons (Fsp3) is 0.444. The van der Waals surface area contributed by atoms with E-state index in [-0.39, 0.29) is 30.6 Å². The summed E-state index contributed by atoms with van der Waals surface area (Å²) in [6.45, 7) is 1.28. The molecule has 2 amide bonds. The molecule has 1 aromatic carbocycles. The van der Waals surface area contributed by atoms with E-state index in [1.165, 1.54) is 16.8 Å². The summed E-state index contributed by atoms with van der Waals surface area (Å²) in [5, 5.41) is 10.5. The molecule has 1 N–H and O–H groups in total. The molecule has 0 radical (unpaired) electrons. The van der Waals surface area contributed by atoms with Crippen LogP contribution in [0.1, 0.15) is 30.7 Å². The van der Waals surface area contributed by atoms with Crippen LogP contribution in [0, 0.1) is 0 Å². The zero-order chi connectivity index (χ0) is 19.2. The molecule has 1 unspecified atom stereocenters. The summed E-state index contributed by atoms with van der Waals surface area (Å²) in [6.07, 6.45) is 1.15. The number of nitrogens with zero attached hydrogens (tertiary/aromatic N) is 3. The third-order valence-corrected chi connectivity index (χ3v) is 5.20. The molecule has 1 aliphatic heterocycles. The van der Waals surface area contributed by atoms with Crippen LogP contribution in [0.25, 0.3) is 0 Å². The van der Waals surface area contributed by atoms with E-state index in [2.05, 4.69) is 15.5 Å². The van der Waals surface area contributed by atoms with E-state index in [1.807, 2.05) is 23.1 Å². The predicted octanol–water partition coefficient (Wildman–Crippen LogP) is 2.29. The molecular formula is C18H22N4O4S. The zero-order valence-corrected chi connectivity index (χ0v) is 16.1. The third-order valence-electron chi connectivity index (χ3n) is 4.59. The summed E-state index contributed by atoms with van der Waals surface area (Å²) in [5.41, 5.74) is 2.58. The highest BCUT2D eigenvalue weighted by Crippen LogP contribution is 2.36. The molecule has 0 saturated carbocycles. The number of carbonyl (C=O) groups excluding carboxylic acids is 2. The first-order chi connectivity index (χ1) is 13.1. The van der Waals surface area contributed by atoms with Gasteiger partial charge in [0.1, 0.15) is 17.0 Å². The molecule has 1 aliphatic rings. The van der Waals surface area contributed by atoms with E-state index in [0.717, 1.165) is 23.5 Å². The molecule has 1 saturated heterocycles. The summed E-state index contributed by atoms with van der Waals surface area (Å²) in [5.74, 6) is 1.50. The molecule has 144 valence electrons. The van der Waals surface area contributed by atoms with Gasteiger partial charge in [-0.05, 0) is 24.6 Å². The van der Waals surface area contributed by atoms with E-state index in [1.54, 1.807) is 14.2 Å². The van der Waals surface area contributed by atoms with E-state index in [4.69, 9.17) is 9.47 Å². The molecule has 3 rings (SSSR count). The van der Waals surface area contributed by atoms with Gasteiger partial charge < -0.3 is 19.7 Å². The minimum Gasteiger partial charge on any atom is -0.497 e. The van der Waals surface area contributed by atoms with Crippen molar-refractivity contribution >= 4 is 28.3 Å². The van der Waals surface area contributed by atoms with Gasteiger partial charge in [-0.25, -0.2) is 0 Å². The highest BCUT2D eigenvalue weighted by molar-refractivity contribution is 7.13. The number of hydrogen-bond donors (Lipinski definition) is 1. The number of aromatic nitrogens is 2. The van der Waals surface area contributed by atoms with Crippen LogP contribution < -0.4 is 14.8 Å². The van der Waals surface area contributed by atoms with E-state index >= 15 is 0 Å². The molecule has 2 heterocycles. The Morgan fingerprint density at radius 2 is 2.15 bits per heavy atom. The van der Waals surface area contributed by atoms with Crippen LogP contribution in [0.3, 0.4) is 0 Å². The van der Waals surface area contributed by atoms with Gasteiger partial charge in [-0.1, -0.05) is 11.3 Å². The lowest BCUT2D eigenvalue weighted by Crippen LogP contribution is -2.29. The number of amides is 2. The summed E-state index contributed by atoms with van der Waals surface area (Å²) in [4.78, 5) is 26.2. The monoisotopic (exact) mass is 390 g/mol. The molecule has 1 aromatic heterocycles. The van der Waals surface area contributed by atoms with Gasteiger partial charge >= 0.3 is 0 Å². The zero-order valence-electron chi connectivity index (χ0n) is 15.3. The van der Waals surface area contributed by atoms with Crippen LogP contribution >= 0.6 is 11.3 Å². The Morgan fingerprint density at radius 3 is 2.85 bits per heavy atom. The second kappa shape index (κ2) is 8.81. The molecule has 0 aliphatic carbocycles. The highest BCUT2D eigenvalue weighted by Gasteiger charge is 2.29. The Kier molecular flexibility index (Phi) is 6.23. The van der Waals surface area contributed by atoms with Gasteiger partial charge in [-0.2, -0.15) is 0 Å². The maximum Gasteiger partial charge on any atom is 0.226 e. The Balaban J connectivity index is 1.54. The van der Waals surface area contributed by atoms with Gasteiger partial charge in [0.25, 0.3) is 0 Å². The van der Waals surface area contributed by atoms with Crippen molar-refractivity contribution in [3.63, 3.8) is 0 Å². The maximum atomic E-state index is 12.5. The predicted molar refractivity (Wildman–Crippen MR) is 101 cm³/mol. The van der Waals surface area contributed by atoms with Gasteiger partial charge in [0.15, 0.2) is 0 Å². The lowest BCUT2D eigenvalue weighted by atomic mass is 9.97. The smallest absolute Gasteiger partial charge is 0.226 e. The number of hydrogen-bond acceptors (Lipinski definition) is 7. The Bertz CT molecular complexity index is 797. The maximum absolute atomic E-state index is 12.5. The Labute approximate surface area is 161 Å². The van der Waals surface area contributed by atoms with Crippen molar-refractivity contribution in [3.05, 3.63) is 29.3 Å².